The molecule has 0 aromatic carbocycles. The summed E-state index contributed by atoms with van der Waals surface area (Å²) < 4.78 is 0. The fourth-order valence-corrected chi connectivity index (χ4v) is 2.88. The summed E-state index contributed by atoms with van der Waals surface area (Å²) in [6, 6.07) is 0. The Kier molecular flexibility index (Phi) is 5.60. The molecule has 0 saturated carbocycles. The van der Waals surface area contributed by atoms with Crippen LogP contribution in [0.5, 0.6) is 0 Å². The van der Waals surface area contributed by atoms with Gasteiger partial charge in [-0.15, -0.1) is 0 Å². The van der Waals surface area contributed by atoms with Crippen LogP contribution < -0.4 is 5.73 Å². The lowest BCUT2D eigenvalue weighted by molar-refractivity contribution is -0.138. The summed E-state index contributed by atoms with van der Waals surface area (Å²) in [5.74, 6) is -0.134. The molecule has 19 heavy (non-hydrogen) atoms. The maximum Gasteiger partial charge on any atom is 0.236 e. The summed E-state index contributed by atoms with van der Waals surface area (Å²) in [5, 5.41) is 21.7. The summed E-state index contributed by atoms with van der Waals surface area (Å²) in [7, 11) is 0. The maximum absolute atomic E-state index is 12.7. The second-order valence-electron chi connectivity index (χ2n) is 5.26. The zero-order valence-electron chi connectivity index (χ0n) is 11.8. The molecule has 1 fully saturated rings. The molecule has 1 heterocycles. The number of likely N-dealkylation sites (tertiary alicyclic amines) is 1. The number of amidine groups is 1. The highest BCUT2D eigenvalue weighted by molar-refractivity contribution is 6.06. The number of carbonyl (C=O) groups is 1. The highest BCUT2D eigenvalue weighted by atomic mass is 16.4. The highest BCUT2D eigenvalue weighted by Gasteiger charge is 2.45. The molecule has 0 radical (unpaired) electrons. The first-order valence-corrected chi connectivity index (χ1v) is 6.97. The first kappa shape index (κ1) is 15.8. The Balaban J connectivity index is 3.03. The zero-order chi connectivity index (χ0) is 14.5. The molecule has 1 aliphatic heterocycles. The Morgan fingerprint density at radius 2 is 2.00 bits per heavy atom. The number of hydrogen-bond acceptors (Lipinski definition) is 4. The third-order valence-electron chi connectivity index (χ3n) is 3.81. The van der Waals surface area contributed by atoms with Gasteiger partial charge in [-0.05, 0) is 19.3 Å². The number of aliphatic hydroxyl groups excluding tert-OH is 1. The lowest BCUT2D eigenvalue weighted by Gasteiger charge is -2.34. The largest absolute Gasteiger partial charge is 0.409 e. The van der Waals surface area contributed by atoms with E-state index in [1.54, 1.807) is 4.90 Å². The van der Waals surface area contributed by atoms with Crippen molar-refractivity contribution >= 4 is 11.7 Å². The molecule has 1 saturated heterocycles. The fourth-order valence-electron chi connectivity index (χ4n) is 2.88. The standard InChI is InChI=1S/C13H25N3O3/c1-3-6-13(7-4-2,11(14)15-19)12(18)16-8-5-10(17)9-16/h10,17,19H,3-9H2,1-2H3,(H2,14,15). The van der Waals surface area contributed by atoms with Crippen molar-refractivity contribution in [2.75, 3.05) is 13.1 Å². The molecule has 4 N–H and O–H groups in total. The van der Waals surface area contributed by atoms with E-state index in [-0.39, 0.29) is 11.7 Å². The number of amides is 1. The number of β-amino-alcohol motifs (C(OH)–C–C–N with tert-alkyl or cyclic N) is 1. The molecule has 0 aromatic rings. The molecule has 0 spiro atoms. The number of aliphatic hydroxyl groups is 1. The first-order chi connectivity index (χ1) is 9.01. The highest BCUT2D eigenvalue weighted by Crippen LogP contribution is 2.34. The Morgan fingerprint density at radius 3 is 2.37 bits per heavy atom. The monoisotopic (exact) mass is 271 g/mol. The fraction of sp³-hybridized carbons (Fsp3) is 0.846. The molecule has 1 unspecified atom stereocenters. The number of carbonyl (C=O) groups excluding carboxylic acids is 1. The number of hydrogen-bond donors (Lipinski definition) is 3. The summed E-state index contributed by atoms with van der Waals surface area (Å²) in [5.41, 5.74) is 4.89. The molecule has 110 valence electrons. The van der Waals surface area contributed by atoms with Gasteiger partial charge < -0.3 is 20.9 Å². The van der Waals surface area contributed by atoms with Crippen molar-refractivity contribution in [2.45, 2.75) is 52.1 Å². The van der Waals surface area contributed by atoms with Crippen molar-refractivity contribution in [3.05, 3.63) is 0 Å². The smallest absolute Gasteiger partial charge is 0.236 e. The molecular weight excluding hydrogens is 246 g/mol. The Bertz CT molecular complexity index is 338. The van der Waals surface area contributed by atoms with E-state index in [1.165, 1.54) is 0 Å². The van der Waals surface area contributed by atoms with Crippen molar-refractivity contribution in [3.8, 4) is 0 Å². The lowest BCUT2D eigenvalue weighted by Crippen LogP contribution is -2.51. The van der Waals surface area contributed by atoms with Gasteiger partial charge in [0.1, 0.15) is 5.41 Å². The summed E-state index contributed by atoms with van der Waals surface area (Å²) in [6.07, 6.45) is 2.80. The Hall–Kier alpha value is -1.30. The van der Waals surface area contributed by atoms with Crippen LogP contribution in [0.15, 0.2) is 5.16 Å². The van der Waals surface area contributed by atoms with E-state index < -0.39 is 11.5 Å². The molecule has 1 aliphatic rings. The number of rotatable bonds is 6. The summed E-state index contributed by atoms with van der Waals surface area (Å²) in [4.78, 5) is 14.4. The molecule has 1 atom stereocenters. The van der Waals surface area contributed by atoms with Crippen LogP contribution in [0.2, 0.25) is 0 Å². The van der Waals surface area contributed by atoms with Crippen molar-refractivity contribution in [1.29, 1.82) is 0 Å². The SMILES string of the molecule is CCCC(CCC)(C(=O)N1CCC(O)C1)C(N)=NO. The molecule has 6 nitrogen and oxygen atoms in total. The van der Waals surface area contributed by atoms with Crippen molar-refractivity contribution in [3.63, 3.8) is 0 Å². The second-order valence-corrected chi connectivity index (χ2v) is 5.26. The van der Waals surface area contributed by atoms with Crippen LogP contribution in [0.25, 0.3) is 0 Å². The average Bonchev–Trinajstić information content (AvgIpc) is 2.83. The normalized spacial score (nSPS) is 20.9. The van der Waals surface area contributed by atoms with E-state index in [0.29, 0.717) is 32.4 Å². The predicted octanol–water partition coefficient (Wildman–Crippen LogP) is 0.913. The van der Waals surface area contributed by atoms with Gasteiger partial charge in [0.2, 0.25) is 5.91 Å². The van der Waals surface area contributed by atoms with Gasteiger partial charge >= 0.3 is 0 Å². The number of nitrogens with zero attached hydrogens (tertiary/aromatic N) is 2. The topological polar surface area (TPSA) is 99.2 Å². The molecular formula is C13H25N3O3. The van der Waals surface area contributed by atoms with Crippen molar-refractivity contribution in [2.24, 2.45) is 16.3 Å². The van der Waals surface area contributed by atoms with Gasteiger partial charge in [-0.3, -0.25) is 4.79 Å². The van der Waals surface area contributed by atoms with Crippen LogP contribution in [-0.4, -0.2) is 46.1 Å². The van der Waals surface area contributed by atoms with Crippen LogP contribution in [0, 0.1) is 5.41 Å². The number of nitrogens with two attached hydrogens (primary N) is 1. The minimum atomic E-state index is -0.928. The van der Waals surface area contributed by atoms with Crippen LogP contribution in [0.4, 0.5) is 0 Å². The van der Waals surface area contributed by atoms with Crippen LogP contribution in [-0.2, 0) is 4.79 Å². The number of oxime groups is 1. The summed E-state index contributed by atoms with van der Waals surface area (Å²) >= 11 is 0. The van der Waals surface area contributed by atoms with Gasteiger partial charge in [0.05, 0.1) is 6.10 Å². The van der Waals surface area contributed by atoms with E-state index in [2.05, 4.69) is 5.16 Å². The minimum absolute atomic E-state index is 0.0115. The quantitative estimate of drug-likeness (QED) is 0.289. The van der Waals surface area contributed by atoms with Gasteiger partial charge in [0, 0.05) is 13.1 Å². The van der Waals surface area contributed by atoms with Gasteiger partial charge in [-0.1, -0.05) is 31.8 Å². The van der Waals surface area contributed by atoms with Gasteiger partial charge in [0.25, 0.3) is 0 Å². The molecule has 1 rings (SSSR count). The third kappa shape index (κ3) is 3.18. The van der Waals surface area contributed by atoms with Gasteiger partial charge in [-0.2, -0.15) is 0 Å². The molecule has 0 aromatic heterocycles. The van der Waals surface area contributed by atoms with Crippen LogP contribution in [0.3, 0.4) is 0 Å². The maximum atomic E-state index is 12.7. The average molecular weight is 271 g/mol. The van der Waals surface area contributed by atoms with Crippen molar-refractivity contribution in [1.82, 2.24) is 4.90 Å². The lowest BCUT2D eigenvalue weighted by atomic mass is 9.76. The van der Waals surface area contributed by atoms with Crippen LogP contribution >= 0.6 is 0 Å². The van der Waals surface area contributed by atoms with E-state index in [0.717, 1.165) is 12.8 Å². The molecule has 0 bridgehead atoms. The van der Waals surface area contributed by atoms with Crippen LogP contribution in [0.1, 0.15) is 46.0 Å². The van der Waals surface area contributed by atoms with Gasteiger partial charge in [-0.25, -0.2) is 0 Å². The Morgan fingerprint density at radius 1 is 1.42 bits per heavy atom. The third-order valence-corrected chi connectivity index (χ3v) is 3.81. The first-order valence-electron chi connectivity index (χ1n) is 6.97. The second kappa shape index (κ2) is 6.75. The zero-order valence-corrected chi connectivity index (χ0v) is 11.8. The van der Waals surface area contributed by atoms with E-state index in [1.807, 2.05) is 13.8 Å². The van der Waals surface area contributed by atoms with E-state index in [4.69, 9.17) is 10.9 Å². The minimum Gasteiger partial charge on any atom is -0.409 e. The molecule has 6 heteroatoms. The van der Waals surface area contributed by atoms with Crippen molar-refractivity contribution < 1.29 is 15.1 Å². The summed E-state index contributed by atoms with van der Waals surface area (Å²) in [6.45, 7) is 4.82. The van der Waals surface area contributed by atoms with E-state index >= 15 is 0 Å². The Labute approximate surface area is 114 Å². The van der Waals surface area contributed by atoms with E-state index in [9.17, 15) is 9.90 Å². The van der Waals surface area contributed by atoms with Gasteiger partial charge in [0.15, 0.2) is 5.84 Å². The molecule has 0 aliphatic carbocycles. The predicted molar refractivity (Wildman–Crippen MR) is 72.9 cm³/mol. The molecule has 1 amide bonds.